The van der Waals surface area contributed by atoms with E-state index in [1.54, 1.807) is 12.1 Å². The second-order valence-corrected chi connectivity index (χ2v) is 4.78. The molecule has 0 bridgehead atoms. The summed E-state index contributed by atoms with van der Waals surface area (Å²) in [6, 6.07) is 5.48. The third kappa shape index (κ3) is 1.85. The lowest BCUT2D eigenvalue weighted by molar-refractivity contribution is 0.0788. The Bertz CT molecular complexity index is 559. The van der Waals surface area contributed by atoms with Gasteiger partial charge in [-0.3, -0.25) is 0 Å². The van der Waals surface area contributed by atoms with Crippen LogP contribution in [0.3, 0.4) is 0 Å². The molecule has 0 fully saturated rings. The third-order valence-electron chi connectivity index (χ3n) is 3.29. The highest BCUT2D eigenvalue weighted by atomic mass is 16.3. The second kappa shape index (κ2) is 4.59. The van der Waals surface area contributed by atoms with Crippen LogP contribution in [0.25, 0.3) is 11.0 Å². The van der Waals surface area contributed by atoms with Crippen LogP contribution in [0, 0.1) is 0 Å². The number of nitrogen functional groups attached to an aromatic ring is 1. The number of anilines is 1. The molecule has 0 aliphatic carbocycles. The lowest BCUT2D eigenvalue weighted by Crippen LogP contribution is -2.39. The molecule has 5 nitrogen and oxygen atoms in total. The molecule has 2 aromatic rings. The largest absolute Gasteiger partial charge is 0.399 e. The van der Waals surface area contributed by atoms with Gasteiger partial charge in [0.25, 0.3) is 0 Å². The molecule has 0 saturated carbocycles. The van der Waals surface area contributed by atoms with Crippen molar-refractivity contribution < 1.29 is 10.2 Å². The number of nitrogens with two attached hydrogens (primary N) is 1. The van der Waals surface area contributed by atoms with Gasteiger partial charge in [0, 0.05) is 12.1 Å². The molecule has 0 unspecified atom stereocenters. The van der Waals surface area contributed by atoms with E-state index in [2.05, 4.69) is 4.98 Å². The summed E-state index contributed by atoms with van der Waals surface area (Å²) < 4.78 is 1.90. The van der Waals surface area contributed by atoms with Crippen molar-refractivity contribution in [2.75, 3.05) is 18.9 Å². The standard InChI is InChI=1S/C13H19N3O2/c1-3-12-15-10-6-9(14)4-5-11(10)16(12)13(2,7-17)8-18/h4-6,17-18H,3,7-8,14H2,1-2H3. The van der Waals surface area contributed by atoms with Crippen molar-refractivity contribution in [3.05, 3.63) is 24.0 Å². The quantitative estimate of drug-likeness (QED) is 0.702. The molecule has 0 aliphatic rings. The van der Waals surface area contributed by atoms with Crippen LogP contribution in [-0.4, -0.2) is 33.0 Å². The average Bonchev–Trinajstić information content (AvgIpc) is 2.75. The highest BCUT2D eigenvalue weighted by molar-refractivity contribution is 5.80. The predicted molar refractivity (Wildman–Crippen MR) is 71.3 cm³/mol. The molecule has 98 valence electrons. The monoisotopic (exact) mass is 249 g/mol. The Morgan fingerprint density at radius 2 is 2.00 bits per heavy atom. The predicted octanol–water partition coefficient (Wildman–Crippen LogP) is 0.881. The summed E-state index contributed by atoms with van der Waals surface area (Å²) >= 11 is 0. The summed E-state index contributed by atoms with van der Waals surface area (Å²) in [5.74, 6) is 0.834. The first-order valence-electron chi connectivity index (χ1n) is 6.04. The molecule has 0 spiro atoms. The van der Waals surface area contributed by atoms with Crippen molar-refractivity contribution in [1.29, 1.82) is 0 Å². The molecule has 1 aromatic heterocycles. The van der Waals surface area contributed by atoms with E-state index in [4.69, 9.17) is 5.73 Å². The maximum Gasteiger partial charge on any atom is 0.110 e. The number of aliphatic hydroxyl groups excluding tert-OH is 2. The first-order chi connectivity index (χ1) is 8.55. The summed E-state index contributed by atoms with van der Waals surface area (Å²) in [5, 5.41) is 19.1. The average molecular weight is 249 g/mol. The normalized spacial score (nSPS) is 12.2. The molecule has 0 radical (unpaired) electrons. The molecule has 1 heterocycles. The summed E-state index contributed by atoms with van der Waals surface area (Å²) in [4.78, 5) is 4.51. The van der Waals surface area contributed by atoms with Crippen molar-refractivity contribution in [3.63, 3.8) is 0 Å². The van der Waals surface area contributed by atoms with Gasteiger partial charge in [0.2, 0.25) is 0 Å². The van der Waals surface area contributed by atoms with Crippen LogP contribution in [0.1, 0.15) is 19.7 Å². The number of rotatable bonds is 4. The summed E-state index contributed by atoms with van der Waals surface area (Å²) in [6.07, 6.45) is 0.726. The van der Waals surface area contributed by atoms with Crippen LogP contribution in [0.5, 0.6) is 0 Å². The molecular formula is C13H19N3O2. The van der Waals surface area contributed by atoms with E-state index in [0.29, 0.717) is 5.69 Å². The van der Waals surface area contributed by atoms with Gasteiger partial charge in [-0.1, -0.05) is 6.92 Å². The van der Waals surface area contributed by atoms with Gasteiger partial charge in [-0.2, -0.15) is 0 Å². The number of imidazole rings is 1. The van der Waals surface area contributed by atoms with Crippen molar-refractivity contribution >= 4 is 16.7 Å². The van der Waals surface area contributed by atoms with Gasteiger partial charge < -0.3 is 20.5 Å². The van der Waals surface area contributed by atoms with E-state index < -0.39 is 5.54 Å². The topological polar surface area (TPSA) is 84.3 Å². The van der Waals surface area contributed by atoms with Crippen LogP contribution >= 0.6 is 0 Å². The van der Waals surface area contributed by atoms with Gasteiger partial charge >= 0.3 is 0 Å². The van der Waals surface area contributed by atoms with Gasteiger partial charge in [0.1, 0.15) is 5.82 Å². The molecule has 2 rings (SSSR count). The number of aliphatic hydroxyl groups is 2. The van der Waals surface area contributed by atoms with E-state index in [0.717, 1.165) is 23.3 Å². The highest BCUT2D eigenvalue weighted by Gasteiger charge is 2.29. The molecule has 0 amide bonds. The number of fused-ring (bicyclic) bond motifs is 1. The van der Waals surface area contributed by atoms with Crippen LogP contribution in [0.15, 0.2) is 18.2 Å². The number of hydrogen-bond donors (Lipinski definition) is 3. The fourth-order valence-electron chi connectivity index (χ4n) is 2.18. The number of nitrogens with zero attached hydrogens (tertiary/aromatic N) is 2. The van der Waals surface area contributed by atoms with E-state index in [9.17, 15) is 10.2 Å². The van der Waals surface area contributed by atoms with E-state index >= 15 is 0 Å². The van der Waals surface area contributed by atoms with E-state index in [1.807, 2.05) is 24.5 Å². The molecule has 0 aliphatic heterocycles. The van der Waals surface area contributed by atoms with E-state index in [-0.39, 0.29) is 13.2 Å². The minimum absolute atomic E-state index is 0.146. The summed E-state index contributed by atoms with van der Waals surface area (Å²) in [5.41, 5.74) is 7.33. The Balaban J connectivity index is 2.75. The lowest BCUT2D eigenvalue weighted by Gasteiger charge is -2.29. The van der Waals surface area contributed by atoms with Crippen LogP contribution in [0.2, 0.25) is 0 Å². The minimum atomic E-state index is -0.754. The SMILES string of the molecule is CCc1nc2cc(N)ccc2n1C(C)(CO)CO. The number of benzene rings is 1. The Kier molecular flexibility index (Phi) is 3.28. The molecule has 0 atom stereocenters. The lowest BCUT2D eigenvalue weighted by atomic mass is 10.0. The Labute approximate surface area is 106 Å². The summed E-state index contributed by atoms with van der Waals surface area (Å²) in [7, 11) is 0. The molecule has 4 N–H and O–H groups in total. The third-order valence-corrected chi connectivity index (χ3v) is 3.29. The van der Waals surface area contributed by atoms with Crippen LogP contribution in [-0.2, 0) is 12.0 Å². The van der Waals surface area contributed by atoms with Crippen molar-refractivity contribution in [3.8, 4) is 0 Å². The van der Waals surface area contributed by atoms with Crippen LogP contribution < -0.4 is 5.73 Å². The molecule has 0 saturated heterocycles. The zero-order chi connectivity index (χ0) is 13.3. The molecule has 18 heavy (non-hydrogen) atoms. The first kappa shape index (κ1) is 12.9. The van der Waals surface area contributed by atoms with Gasteiger partial charge in [0.05, 0.1) is 29.8 Å². The maximum atomic E-state index is 9.56. The molecule has 5 heteroatoms. The van der Waals surface area contributed by atoms with Crippen molar-refractivity contribution in [2.24, 2.45) is 0 Å². The van der Waals surface area contributed by atoms with Gasteiger partial charge in [-0.05, 0) is 25.1 Å². The van der Waals surface area contributed by atoms with Gasteiger partial charge in [-0.15, -0.1) is 0 Å². The van der Waals surface area contributed by atoms with Gasteiger partial charge in [0.15, 0.2) is 0 Å². The zero-order valence-corrected chi connectivity index (χ0v) is 10.7. The fraction of sp³-hybridized carbons (Fsp3) is 0.462. The molecule has 1 aromatic carbocycles. The van der Waals surface area contributed by atoms with E-state index in [1.165, 1.54) is 0 Å². The smallest absolute Gasteiger partial charge is 0.110 e. The van der Waals surface area contributed by atoms with Crippen molar-refractivity contribution in [2.45, 2.75) is 25.8 Å². The number of aryl methyl sites for hydroxylation is 1. The maximum absolute atomic E-state index is 9.56. The minimum Gasteiger partial charge on any atom is -0.399 e. The highest BCUT2D eigenvalue weighted by Crippen LogP contribution is 2.26. The van der Waals surface area contributed by atoms with Crippen molar-refractivity contribution in [1.82, 2.24) is 9.55 Å². The zero-order valence-electron chi connectivity index (χ0n) is 10.7. The fourth-order valence-corrected chi connectivity index (χ4v) is 2.18. The Morgan fingerprint density at radius 1 is 1.33 bits per heavy atom. The molecular weight excluding hydrogens is 230 g/mol. The number of aromatic nitrogens is 2. The number of hydrogen-bond acceptors (Lipinski definition) is 4. The van der Waals surface area contributed by atoms with Gasteiger partial charge in [-0.25, -0.2) is 4.98 Å². The Morgan fingerprint density at radius 3 is 2.56 bits per heavy atom. The first-order valence-corrected chi connectivity index (χ1v) is 6.04. The summed E-state index contributed by atoms with van der Waals surface area (Å²) in [6.45, 7) is 3.51. The Hall–Kier alpha value is -1.59. The van der Waals surface area contributed by atoms with Crippen LogP contribution in [0.4, 0.5) is 5.69 Å². The second-order valence-electron chi connectivity index (χ2n) is 4.78.